The molecule has 1 saturated carbocycles. The minimum absolute atomic E-state index is 0.563. The van der Waals surface area contributed by atoms with Gasteiger partial charge in [0, 0.05) is 5.92 Å². The van der Waals surface area contributed by atoms with Gasteiger partial charge in [0.15, 0.2) is 0 Å². The zero-order valence-corrected chi connectivity index (χ0v) is 16.3. The zero-order valence-electron chi connectivity index (χ0n) is 14.5. The maximum Gasteiger partial charge on any atom is 0.269 e. The fourth-order valence-electron chi connectivity index (χ4n) is 2.49. The average Bonchev–Trinajstić information content (AvgIpc) is 2.53. The lowest BCUT2D eigenvalue weighted by atomic mass is 9.90. The van der Waals surface area contributed by atoms with Crippen LogP contribution in [0.25, 0.3) is 0 Å². The summed E-state index contributed by atoms with van der Waals surface area (Å²) in [7, 11) is -1.24. The van der Waals surface area contributed by atoms with Gasteiger partial charge in [-0.3, -0.25) is 0 Å². The first kappa shape index (κ1) is 18.2. The number of rotatable bonds is 4. The molecule has 0 aliphatic heterocycles. The Kier molecular flexibility index (Phi) is 7.26. The first-order chi connectivity index (χ1) is 11.0. The Hall–Kier alpha value is -1.18. The van der Waals surface area contributed by atoms with Gasteiger partial charge in [-0.25, -0.2) is 4.99 Å². The van der Waals surface area contributed by atoms with Gasteiger partial charge in [0.2, 0.25) is 0 Å². The van der Waals surface area contributed by atoms with Gasteiger partial charge < -0.3 is 4.74 Å². The van der Waals surface area contributed by atoms with E-state index >= 15 is 0 Å². The van der Waals surface area contributed by atoms with Gasteiger partial charge in [-0.2, -0.15) is 0 Å². The smallest absolute Gasteiger partial charge is 0.269 e. The van der Waals surface area contributed by atoms with Crippen molar-refractivity contribution in [1.29, 1.82) is 0 Å². The van der Waals surface area contributed by atoms with Gasteiger partial charge in [0.1, 0.15) is 7.22 Å². The Morgan fingerprint density at radius 2 is 1.87 bits per heavy atom. The number of hydrogen-bond donors (Lipinski definition) is 0. The molecule has 0 saturated heterocycles. The molecule has 2 nitrogen and oxygen atoms in total. The molecular weight excluding hydrogens is 318 g/mol. The maximum atomic E-state index is 5.98. The van der Waals surface area contributed by atoms with Crippen molar-refractivity contribution in [2.24, 2.45) is 10.9 Å². The Labute approximate surface area is 145 Å². The summed E-state index contributed by atoms with van der Waals surface area (Å²) in [5, 5.41) is 3.21. The largest absolute Gasteiger partial charge is 0.471 e. The van der Waals surface area contributed by atoms with Crippen molar-refractivity contribution in [3.63, 3.8) is 0 Å². The van der Waals surface area contributed by atoms with Crippen LogP contribution in [0.5, 0.6) is 0 Å². The third-order valence-corrected chi connectivity index (χ3v) is 6.64. The molecule has 0 aromatic heterocycles. The highest BCUT2D eigenvalue weighted by atomic mass is 32.4. The van der Waals surface area contributed by atoms with E-state index in [0.717, 1.165) is 12.3 Å². The molecular formula is C19H27NOSSi. The highest BCUT2D eigenvalue weighted by molar-refractivity contribution is 8.32. The number of benzene rings is 1. The lowest BCUT2D eigenvalue weighted by Crippen LogP contribution is -2.16. The minimum Gasteiger partial charge on any atom is -0.471 e. The summed E-state index contributed by atoms with van der Waals surface area (Å²) in [6.07, 6.45) is 6.58. The first-order valence-electron chi connectivity index (χ1n) is 8.48. The van der Waals surface area contributed by atoms with Gasteiger partial charge in [-0.1, -0.05) is 57.1 Å². The van der Waals surface area contributed by atoms with Crippen molar-refractivity contribution >= 4 is 30.0 Å². The van der Waals surface area contributed by atoms with Crippen LogP contribution in [0.2, 0.25) is 19.6 Å². The Morgan fingerprint density at radius 3 is 2.52 bits per heavy atom. The molecule has 124 valence electrons. The second kappa shape index (κ2) is 9.20. The third-order valence-electron chi connectivity index (χ3n) is 3.68. The summed E-state index contributed by atoms with van der Waals surface area (Å²) in [6, 6.07) is 9.94. The van der Waals surface area contributed by atoms with Crippen molar-refractivity contribution in [2.45, 2.75) is 51.7 Å². The summed E-state index contributed by atoms with van der Waals surface area (Å²) < 4.78 is 5.98. The molecule has 0 N–H and O–H groups in total. The van der Waals surface area contributed by atoms with E-state index in [9.17, 15) is 0 Å². The van der Waals surface area contributed by atoms with E-state index in [1.807, 2.05) is 30.3 Å². The molecule has 1 aliphatic carbocycles. The van der Waals surface area contributed by atoms with Gasteiger partial charge >= 0.3 is 0 Å². The molecule has 2 rings (SSSR count). The molecule has 0 unspecified atom stereocenters. The summed E-state index contributed by atoms with van der Waals surface area (Å²) in [5.74, 6) is 4.37. The topological polar surface area (TPSA) is 21.6 Å². The number of para-hydroxylation sites is 1. The van der Waals surface area contributed by atoms with Gasteiger partial charge in [0.05, 0.1) is 12.3 Å². The van der Waals surface area contributed by atoms with Crippen LogP contribution in [0.15, 0.2) is 35.3 Å². The van der Waals surface area contributed by atoms with Crippen LogP contribution in [0.1, 0.15) is 32.1 Å². The lowest BCUT2D eigenvalue weighted by Gasteiger charge is -2.21. The van der Waals surface area contributed by atoms with Crippen molar-refractivity contribution in [1.82, 2.24) is 0 Å². The highest BCUT2D eigenvalue weighted by Gasteiger charge is 2.15. The van der Waals surface area contributed by atoms with Gasteiger partial charge in [-0.05, 0) is 36.1 Å². The standard InChI is InChI=1S/C19H27NOSSi/c1-23(2,3)22-15-14-19(20-18-12-8-5-9-13-18)21-16-17-10-6-4-7-11-17/h5,8-9,12-13,17H,4,6-7,10-11,16H2,1-3H3. The molecule has 0 radical (unpaired) electrons. The summed E-state index contributed by atoms with van der Waals surface area (Å²) in [6.45, 7) is 7.63. The quantitative estimate of drug-likeness (QED) is 0.296. The molecule has 4 heteroatoms. The lowest BCUT2D eigenvalue weighted by molar-refractivity contribution is 0.202. The van der Waals surface area contributed by atoms with Crippen molar-refractivity contribution < 1.29 is 4.74 Å². The highest BCUT2D eigenvalue weighted by Crippen LogP contribution is 2.24. The molecule has 1 aliphatic rings. The molecule has 0 atom stereocenters. The van der Waals surface area contributed by atoms with E-state index in [1.54, 1.807) is 11.2 Å². The van der Waals surface area contributed by atoms with Crippen LogP contribution in [0.4, 0.5) is 5.69 Å². The predicted octanol–water partition coefficient (Wildman–Crippen LogP) is 5.84. The van der Waals surface area contributed by atoms with Crippen LogP contribution in [0.3, 0.4) is 0 Å². The number of nitrogens with zero attached hydrogens (tertiary/aromatic N) is 1. The van der Waals surface area contributed by atoms with Gasteiger partial charge in [0.25, 0.3) is 5.90 Å². The summed E-state index contributed by atoms with van der Waals surface area (Å²) in [5.41, 5.74) is 0.901. The van der Waals surface area contributed by atoms with Gasteiger partial charge in [-0.15, -0.1) is 11.2 Å². The fraction of sp³-hybridized carbons (Fsp3) is 0.526. The monoisotopic (exact) mass is 345 g/mol. The predicted molar refractivity (Wildman–Crippen MR) is 105 cm³/mol. The normalized spacial score (nSPS) is 16.6. The van der Waals surface area contributed by atoms with E-state index in [-0.39, 0.29) is 0 Å². The average molecular weight is 346 g/mol. The number of hydrogen-bond acceptors (Lipinski definition) is 3. The molecule has 0 spiro atoms. The van der Waals surface area contributed by atoms with Crippen LogP contribution < -0.4 is 0 Å². The second-order valence-electron chi connectivity index (χ2n) is 7.01. The van der Waals surface area contributed by atoms with Crippen LogP contribution in [-0.4, -0.2) is 19.7 Å². The first-order valence-corrected chi connectivity index (χ1v) is 13.5. The van der Waals surface area contributed by atoms with E-state index in [4.69, 9.17) is 4.74 Å². The van der Waals surface area contributed by atoms with Crippen LogP contribution in [-0.2, 0) is 4.74 Å². The zero-order chi connectivity index (χ0) is 16.5. The van der Waals surface area contributed by atoms with E-state index < -0.39 is 7.22 Å². The summed E-state index contributed by atoms with van der Waals surface area (Å²) >= 11 is 1.75. The maximum absolute atomic E-state index is 5.98. The molecule has 23 heavy (non-hydrogen) atoms. The summed E-state index contributed by atoms with van der Waals surface area (Å²) in [4.78, 5) is 4.59. The molecule has 1 aromatic rings. The Bertz CT molecular complexity index is 563. The molecule has 0 amide bonds. The Morgan fingerprint density at radius 1 is 1.17 bits per heavy atom. The number of ether oxygens (including phenoxy) is 1. The Balaban J connectivity index is 2.02. The van der Waals surface area contributed by atoms with Crippen molar-refractivity contribution in [3.05, 3.63) is 30.3 Å². The molecule has 0 heterocycles. The molecule has 0 bridgehead atoms. The number of aliphatic imine (C=N–C) groups is 1. The SMILES string of the molecule is C[Si](C)(C)SC#CC(=Nc1ccccc1)OCC1CCCCC1. The minimum atomic E-state index is -1.24. The van der Waals surface area contributed by atoms with E-state index in [0.29, 0.717) is 11.8 Å². The molecule has 1 aromatic carbocycles. The van der Waals surface area contributed by atoms with Crippen molar-refractivity contribution in [3.8, 4) is 11.2 Å². The van der Waals surface area contributed by atoms with Crippen LogP contribution >= 0.6 is 11.2 Å². The fourth-order valence-corrected chi connectivity index (χ4v) is 4.01. The van der Waals surface area contributed by atoms with E-state index in [1.165, 1.54) is 32.1 Å². The van der Waals surface area contributed by atoms with E-state index in [2.05, 4.69) is 35.8 Å². The van der Waals surface area contributed by atoms with Crippen molar-refractivity contribution in [2.75, 3.05) is 6.61 Å². The molecule has 1 fully saturated rings. The van der Waals surface area contributed by atoms with Crippen LogP contribution in [0, 0.1) is 17.1 Å². The second-order valence-corrected chi connectivity index (χ2v) is 15.9. The third kappa shape index (κ3) is 7.76.